The van der Waals surface area contributed by atoms with Crippen molar-refractivity contribution < 1.29 is 9.15 Å². The standard InChI is InChI=1S/C13H17N3O2/c1-8-16-10-4-9(2-3-11(10)18-8)12(15)13(5-14)6-17-7-13/h2-4,12H,5-7,14-15H2,1H3. The van der Waals surface area contributed by atoms with Gasteiger partial charge in [-0.25, -0.2) is 4.98 Å². The van der Waals surface area contributed by atoms with E-state index in [1.807, 2.05) is 25.1 Å². The molecule has 1 aliphatic heterocycles. The minimum absolute atomic E-state index is 0.127. The summed E-state index contributed by atoms with van der Waals surface area (Å²) in [5, 5.41) is 0. The molecule has 4 N–H and O–H groups in total. The van der Waals surface area contributed by atoms with Gasteiger partial charge in [-0.1, -0.05) is 6.07 Å². The smallest absolute Gasteiger partial charge is 0.192 e. The summed E-state index contributed by atoms with van der Waals surface area (Å²) < 4.78 is 10.7. The summed E-state index contributed by atoms with van der Waals surface area (Å²) in [6.45, 7) is 3.62. The molecule has 18 heavy (non-hydrogen) atoms. The summed E-state index contributed by atoms with van der Waals surface area (Å²) in [4.78, 5) is 4.32. The second-order valence-corrected chi connectivity index (χ2v) is 5.00. The zero-order chi connectivity index (χ0) is 12.8. The summed E-state index contributed by atoms with van der Waals surface area (Å²) in [6, 6.07) is 5.74. The Bertz CT molecular complexity index is 569. The second kappa shape index (κ2) is 4.05. The monoisotopic (exact) mass is 247 g/mol. The maximum Gasteiger partial charge on any atom is 0.192 e. The number of fused-ring (bicyclic) bond motifs is 1. The topological polar surface area (TPSA) is 87.3 Å². The van der Waals surface area contributed by atoms with Crippen LogP contribution in [0.5, 0.6) is 0 Å². The SMILES string of the molecule is Cc1nc2cc(C(N)C3(CN)COC3)ccc2o1. The lowest BCUT2D eigenvalue weighted by atomic mass is 9.75. The normalized spacial score (nSPS) is 19.7. The average molecular weight is 247 g/mol. The maximum atomic E-state index is 6.33. The quantitative estimate of drug-likeness (QED) is 0.848. The number of hydrogen-bond acceptors (Lipinski definition) is 5. The van der Waals surface area contributed by atoms with Gasteiger partial charge in [-0.05, 0) is 17.7 Å². The van der Waals surface area contributed by atoms with Gasteiger partial charge in [-0.2, -0.15) is 0 Å². The van der Waals surface area contributed by atoms with Gasteiger partial charge in [0.1, 0.15) is 5.52 Å². The first-order chi connectivity index (χ1) is 8.64. The Morgan fingerprint density at radius 2 is 2.22 bits per heavy atom. The van der Waals surface area contributed by atoms with Gasteiger partial charge in [0.25, 0.3) is 0 Å². The lowest BCUT2D eigenvalue weighted by molar-refractivity contribution is -0.121. The van der Waals surface area contributed by atoms with Crippen LogP contribution in [0, 0.1) is 12.3 Å². The van der Waals surface area contributed by atoms with Gasteiger partial charge in [0.2, 0.25) is 0 Å². The van der Waals surface area contributed by atoms with E-state index in [1.165, 1.54) is 0 Å². The van der Waals surface area contributed by atoms with Crippen LogP contribution >= 0.6 is 0 Å². The minimum atomic E-state index is -0.132. The van der Waals surface area contributed by atoms with Gasteiger partial charge >= 0.3 is 0 Å². The van der Waals surface area contributed by atoms with Crippen molar-refractivity contribution in [3.05, 3.63) is 29.7 Å². The molecule has 0 bridgehead atoms. The molecule has 1 atom stereocenters. The lowest BCUT2D eigenvalue weighted by Gasteiger charge is -2.45. The van der Waals surface area contributed by atoms with Gasteiger partial charge in [0, 0.05) is 24.9 Å². The molecule has 5 nitrogen and oxygen atoms in total. The van der Waals surface area contributed by atoms with Gasteiger partial charge in [-0.15, -0.1) is 0 Å². The predicted molar refractivity (Wildman–Crippen MR) is 68.0 cm³/mol. The number of aromatic nitrogens is 1. The van der Waals surface area contributed by atoms with Crippen molar-refractivity contribution in [3.63, 3.8) is 0 Å². The van der Waals surface area contributed by atoms with E-state index < -0.39 is 0 Å². The van der Waals surface area contributed by atoms with Crippen molar-refractivity contribution >= 4 is 11.1 Å². The molecule has 96 valence electrons. The molecule has 2 aromatic rings. The number of aryl methyl sites for hydroxylation is 1. The Balaban J connectivity index is 1.98. The van der Waals surface area contributed by atoms with Gasteiger partial charge in [0.05, 0.1) is 13.2 Å². The van der Waals surface area contributed by atoms with Crippen LogP contribution in [-0.4, -0.2) is 24.7 Å². The van der Waals surface area contributed by atoms with E-state index in [1.54, 1.807) is 0 Å². The highest BCUT2D eigenvalue weighted by molar-refractivity contribution is 5.73. The van der Waals surface area contributed by atoms with E-state index in [0.717, 1.165) is 16.7 Å². The molecule has 0 amide bonds. The number of ether oxygens (including phenoxy) is 1. The summed E-state index contributed by atoms with van der Waals surface area (Å²) in [7, 11) is 0. The predicted octanol–water partition coefficient (Wildman–Crippen LogP) is 1.11. The highest BCUT2D eigenvalue weighted by Crippen LogP contribution is 2.38. The molecule has 0 saturated carbocycles. The first-order valence-electron chi connectivity index (χ1n) is 6.05. The Morgan fingerprint density at radius 1 is 1.44 bits per heavy atom. The third kappa shape index (κ3) is 1.63. The molecule has 2 heterocycles. The molecule has 5 heteroatoms. The van der Waals surface area contributed by atoms with Crippen molar-refractivity contribution in [2.45, 2.75) is 13.0 Å². The van der Waals surface area contributed by atoms with Gasteiger partial charge in [-0.3, -0.25) is 0 Å². The third-order valence-electron chi connectivity index (χ3n) is 3.72. The molecule has 0 spiro atoms. The van der Waals surface area contributed by atoms with E-state index in [-0.39, 0.29) is 11.5 Å². The van der Waals surface area contributed by atoms with Crippen LogP contribution in [0.2, 0.25) is 0 Å². The average Bonchev–Trinajstić information content (AvgIpc) is 2.67. The van der Waals surface area contributed by atoms with Gasteiger partial charge in [0.15, 0.2) is 11.5 Å². The number of nitrogens with two attached hydrogens (primary N) is 2. The van der Waals surface area contributed by atoms with E-state index in [2.05, 4.69) is 4.98 Å². The van der Waals surface area contributed by atoms with Crippen molar-refractivity contribution in [2.75, 3.05) is 19.8 Å². The van der Waals surface area contributed by atoms with Crippen molar-refractivity contribution in [2.24, 2.45) is 16.9 Å². The van der Waals surface area contributed by atoms with Crippen LogP contribution in [0.15, 0.2) is 22.6 Å². The van der Waals surface area contributed by atoms with Crippen LogP contribution in [0.1, 0.15) is 17.5 Å². The van der Waals surface area contributed by atoms with Crippen LogP contribution in [0.4, 0.5) is 0 Å². The molecule has 0 aliphatic carbocycles. The van der Waals surface area contributed by atoms with Crippen LogP contribution in [0.3, 0.4) is 0 Å². The fraction of sp³-hybridized carbons (Fsp3) is 0.462. The number of hydrogen-bond donors (Lipinski definition) is 2. The van der Waals surface area contributed by atoms with Crippen molar-refractivity contribution in [1.29, 1.82) is 0 Å². The van der Waals surface area contributed by atoms with E-state index in [4.69, 9.17) is 20.6 Å². The lowest BCUT2D eigenvalue weighted by Crippen LogP contribution is -2.54. The van der Waals surface area contributed by atoms with Crippen LogP contribution < -0.4 is 11.5 Å². The molecule has 1 unspecified atom stereocenters. The molecule has 0 radical (unpaired) electrons. The maximum absolute atomic E-state index is 6.33. The molecule has 1 fully saturated rings. The molecular weight excluding hydrogens is 230 g/mol. The fourth-order valence-electron chi connectivity index (χ4n) is 2.40. The fourth-order valence-corrected chi connectivity index (χ4v) is 2.40. The molecule has 1 aromatic carbocycles. The number of rotatable bonds is 3. The van der Waals surface area contributed by atoms with Crippen LogP contribution in [0.25, 0.3) is 11.1 Å². The highest BCUT2D eigenvalue weighted by atomic mass is 16.5. The summed E-state index contributed by atoms with van der Waals surface area (Å²) in [5.41, 5.74) is 14.7. The highest BCUT2D eigenvalue weighted by Gasteiger charge is 2.43. The molecule has 1 aliphatic rings. The van der Waals surface area contributed by atoms with Crippen molar-refractivity contribution in [3.8, 4) is 0 Å². The number of nitrogens with zero attached hydrogens (tertiary/aromatic N) is 1. The molecular formula is C13H17N3O2. The largest absolute Gasteiger partial charge is 0.441 e. The Hall–Kier alpha value is -1.43. The van der Waals surface area contributed by atoms with E-state index in [9.17, 15) is 0 Å². The first kappa shape index (κ1) is 11.6. The minimum Gasteiger partial charge on any atom is -0.441 e. The number of oxazole rings is 1. The first-order valence-corrected chi connectivity index (χ1v) is 6.05. The van der Waals surface area contributed by atoms with E-state index in [0.29, 0.717) is 25.6 Å². The van der Waals surface area contributed by atoms with Crippen molar-refractivity contribution in [1.82, 2.24) is 4.98 Å². The summed E-state index contributed by atoms with van der Waals surface area (Å²) in [5.74, 6) is 0.663. The number of benzene rings is 1. The second-order valence-electron chi connectivity index (χ2n) is 5.00. The summed E-state index contributed by atoms with van der Waals surface area (Å²) in [6.07, 6.45) is 0. The molecule has 3 rings (SSSR count). The molecule has 1 saturated heterocycles. The Morgan fingerprint density at radius 3 is 2.83 bits per heavy atom. The van der Waals surface area contributed by atoms with E-state index >= 15 is 0 Å². The zero-order valence-corrected chi connectivity index (χ0v) is 10.3. The summed E-state index contributed by atoms with van der Waals surface area (Å²) >= 11 is 0. The Labute approximate surface area is 105 Å². The zero-order valence-electron chi connectivity index (χ0n) is 10.3. The van der Waals surface area contributed by atoms with Gasteiger partial charge < -0.3 is 20.6 Å². The third-order valence-corrected chi connectivity index (χ3v) is 3.72. The Kier molecular flexibility index (Phi) is 2.62. The van der Waals surface area contributed by atoms with Crippen LogP contribution in [-0.2, 0) is 4.74 Å². The molecule has 1 aromatic heterocycles.